The van der Waals surface area contributed by atoms with E-state index in [1.54, 1.807) is 12.1 Å². The summed E-state index contributed by atoms with van der Waals surface area (Å²) in [5.74, 6) is -1.23. The number of methoxy groups -OCH3 is 1. The zero-order valence-corrected chi connectivity index (χ0v) is 9.13. The predicted octanol–water partition coefficient (Wildman–Crippen LogP) is 1.89. The SMILES string of the molecule is C=CCNCc1ccc(C(=O)OC)c(F)c1. The van der Waals surface area contributed by atoms with Crippen LogP contribution >= 0.6 is 0 Å². The fourth-order valence-corrected chi connectivity index (χ4v) is 1.26. The van der Waals surface area contributed by atoms with Crippen LogP contribution in [0.15, 0.2) is 30.9 Å². The summed E-state index contributed by atoms with van der Waals surface area (Å²) in [4.78, 5) is 11.1. The zero-order valence-electron chi connectivity index (χ0n) is 9.13. The lowest BCUT2D eigenvalue weighted by Crippen LogP contribution is -2.13. The van der Waals surface area contributed by atoms with E-state index in [1.807, 2.05) is 0 Å². The average molecular weight is 223 g/mol. The molecule has 0 aromatic heterocycles. The topological polar surface area (TPSA) is 38.3 Å². The van der Waals surface area contributed by atoms with Crippen LogP contribution in [0.2, 0.25) is 0 Å². The standard InChI is InChI=1S/C12H14FNO2/c1-3-6-14-8-9-4-5-10(11(13)7-9)12(15)16-2/h3-5,7,14H,1,6,8H2,2H3. The molecular weight excluding hydrogens is 209 g/mol. The maximum atomic E-state index is 13.4. The van der Waals surface area contributed by atoms with Crippen LogP contribution in [0.5, 0.6) is 0 Å². The van der Waals surface area contributed by atoms with Crippen molar-refractivity contribution in [2.24, 2.45) is 0 Å². The summed E-state index contributed by atoms with van der Waals surface area (Å²) in [5, 5.41) is 3.04. The van der Waals surface area contributed by atoms with Crippen LogP contribution in [0.25, 0.3) is 0 Å². The molecule has 0 saturated carbocycles. The van der Waals surface area contributed by atoms with E-state index in [9.17, 15) is 9.18 Å². The van der Waals surface area contributed by atoms with Crippen molar-refractivity contribution in [1.82, 2.24) is 5.32 Å². The number of esters is 1. The number of hydrogen-bond acceptors (Lipinski definition) is 3. The lowest BCUT2D eigenvalue weighted by atomic mass is 10.1. The molecule has 0 aliphatic rings. The van der Waals surface area contributed by atoms with Crippen LogP contribution in [0, 0.1) is 5.82 Å². The minimum absolute atomic E-state index is 0.0463. The third-order valence-corrected chi connectivity index (χ3v) is 2.06. The zero-order chi connectivity index (χ0) is 12.0. The highest BCUT2D eigenvalue weighted by Crippen LogP contribution is 2.11. The molecule has 1 aromatic carbocycles. The Bertz CT molecular complexity index is 391. The minimum Gasteiger partial charge on any atom is -0.465 e. The number of hydrogen-bond donors (Lipinski definition) is 1. The molecule has 0 fully saturated rings. The second-order valence-electron chi connectivity index (χ2n) is 3.23. The van der Waals surface area contributed by atoms with Gasteiger partial charge in [0.25, 0.3) is 0 Å². The van der Waals surface area contributed by atoms with E-state index in [2.05, 4.69) is 16.6 Å². The van der Waals surface area contributed by atoms with Crippen molar-refractivity contribution < 1.29 is 13.9 Å². The highest BCUT2D eigenvalue weighted by Gasteiger charge is 2.11. The van der Waals surface area contributed by atoms with Gasteiger partial charge in [-0.15, -0.1) is 6.58 Å². The van der Waals surface area contributed by atoms with E-state index < -0.39 is 11.8 Å². The Morgan fingerprint density at radius 1 is 1.62 bits per heavy atom. The van der Waals surface area contributed by atoms with Gasteiger partial charge in [-0.3, -0.25) is 0 Å². The monoisotopic (exact) mass is 223 g/mol. The van der Waals surface area contributed by atoms with E-state index in [4.69, 9.17) is 0 Å². The Morgan fingerprint density at radius 3 is 2.94 bits per heavy atom. The summed E-state index contributed by atoms with van der Waals surface area (Å²) in [7, 11) is 1.22. The molecule has 0 unspecified atom stereocenters. The molecule has 86 valence electrons. The van der Waals surface area contributed by atoms with Crippen LogP contribution in [0.3, 0.4) is 0 Å². The summed E-state index contributed by atoms with van der Waals surface area (Å²) < 4.78 is 17.9. The van der Waals surface area contributed by atoms with Crippen LogP contribution in [0.4, 0.5) is 4.39 Å². The van der Waals surface area contributed by atoms with Crippen molar-refractivity contribution in [3.63, 3.8) is 0 Å². The van der Waals surface area contributed by atoms with Gasteiger partial charge in [-0.05, 0) is 17.7 Å². The third-order valence-electron chi connectivity index (χ3n) is 2.06. The minimum atomic E-state index is -0.664. The Balaban J connectivity index is 2.74. The summed E-state index contributed by atoms with van der Waals surface area (Å²) >= 11 is 0. The molecular formula is C12H14FNO2. The molecule has 0 aliphatic heterocycles. The van der Waals surface area contributed by atoms with Gasteiger partial charge in [0, 0.05) is 13.1 Å². The Morgan fingerprint density at radius 2 is 2.38 bits per heavy atom. The van der Waals surface area contributed by atoms with E-state index in [0.29, 0.717) is 13.1 Å². The second-order valence-corrected chi connectivity index (χ2v) is 3.23. The number of carbonyl (C=O) groups excluding carboxylic acids is 1. The smallest absolute Gasteiger partial charge is 0.340 e. The fourth-order valence-electron chi connectivity index (χ4n) is 1.26. The van der Waals surface area contributed by atoms with Gasteiger partial charge in [0.2, 0.25) is 0 Å². The number of nitrogens with one attached hydrogen (secondary N) is 1. The molecule has 16 heavy (non-hydrogen) atoms. The molecule has 1 aromatic rings. The molecule has 0 radical (unpaired) electrons. The highest BCUT2D eigenvalue weighted by molar-refractivity contribution is 5.89. The number of rotatable bonds is 5. The lowest BCUT2D eigenvalue weighted by molar-refractivity contribution is 0.0595. The van der Waals surface area contributed by atoms with Gasteiger partial charge in [-0.2, -0.15) is 0 Å². The summed E-state index contributed by atoms with van der Waals surface area (Å²) in [6.45, 7) is 4.75. The van der Waals surface area contributed by atoms with E-state index >= 15 is 0 Å². The Hall–Kier alpha value is -1.68. The van der Waals surface area contributed by atoms with E-state index in [-0.39, 0.29) is 5.56 Å². The molecule has 0 heterocycles. The average Bonchev–Trinajstić information content (AvgIpc) is 2.29. The van der Waals surface area contributed by atoms with Gasteiger partial charge < -0.3 is 10.1 Å². The molecule has 0 aliphatic carbocycles. The first-order chi connectivity index (χ1) is 7.69. The Kier molecular flexibility index (Phi) is 4.66. The van der Waals surface area contributed by atoms with Crippen molar-refractivity contribution in [3.05, 3.63) is 47.8 Å². The van der Waals surface area contributed by atoms with Gasteiger partial charge in [0.15, 0.2) is 0 Å². The van der Waals surface area contributed by atoms with Crippen molar-refractivity contribution >= 4 is 5.97 Å². The van der Waals surface area contributed by atoms with Crippen molar-refractivity contribution in [2.45, 2.75) is 6.54 Å². The largest absolute Gasteiger partial charge is 0.465 e. The van der Waals surface area contributed by atoms with Gasteiger partial charge >= 0.3 is 5.97 Å². The van der Waals surface area contributed by atoms with Gasteiger partial charge in [0.05, 0.1) is 12.7 Å². The third kappa shape index (κ3) is 3.17. The second kappa shape index (κ2) is 6.02. The van der Waals surface area contributed by atoms with Crippen molar-refractivity contribution in [3.8, 4) is 0 Å². The summed E-state index contributed by atoms with van der Waals surface area (Å²) in [5.41, 5.74) is 0.724. The number of benzene rings is 1. The summed E-state index contributed by atoms with van der Waals surface area (Å²) in [6, 6.07) is 4.43. The van der Waals surface area contributed by atoms with Gasteiger partial charge in [-0.1, -0.05) is 12.1 Å². The number of ether oxygens (including phenoxy) is 1. The fraction of sp³-hybridized carbons (Fsp3) is 0.250. The van der Waals surface area contributed by atoms with Crippen LogP contribution in [-0.4, -0.2) is 19.6 Å². The molecule has 4 heteroatoms. The molecule has 3 nitrogen and oxygen atoms in total. The molecule has 0 amide bonds. The first-order valence-electron chi connectivity index (χ1n) is 4.87. The number of carbonyl (C=O) groups is 1. The first kappa shape index (κ1) is 12.4. The normalized spacial score (nSPS) is 9.88. The maximum absolute atomic E-state index is 13.4. The molecule has 0 saturated heterocycles. The van der Waals surface area contributed by atoms with Crippen LogP contribution in [0.1, 0.15) is 15.9 Å². The molecule has 0 spiro atoms. The lowest BCUT2D eigenvalue weighted by Gasteiger charge is -2.05. The molecule has 1 N–H and O–H groups in total. The predicted molar refractivity (Wildman–Crippen MR) is 59.6 cm³/mol. The van der Waals surface area contributed by atoms with Crippen LogP contribution < -0.4 is 5.32 Å². The van der Waals surface area contributed by atoms with Crippen molar-refractivity contribution in [1.29, 1.82) is 0 Å². The first-order valence-corrected chi connectivity index (χ1v) is 4.87. The van der Waals surface area contributed by atoms with Gasteiger partial charge in [0.1, 0.15) is 5.82 Å². The molecule has 0 bridgehead atoms. The quantitative estimate of drug-likeness (QED) is 0.470. The molecule has 1 rings (SSSR count). The molecule has 0 atom stereocenters. The highest BCUT2D eigenvalue weighted by atomic mass is 19.1. The van der Waals surface area contributed by atoms with Crippen LogP contribution in [-0.2, 0) is 11.3 Å². The van der Waals surface area contributed by atoms with Crippen molar-refractivity contribution in [2.75, 3.05) is 13.7 Å². The van der Waals surface area contributed by atoms with Gasteiger partial charge in [-0.25, -0.2) is 9.18 Å². The Labute approximate surface area is 93.9 Å². The van der Waals surface area contributed by atoms with E-state index in [1.165, 1.54) is 19.2 Å². The number of halogens is 1. The van der Waals surface area contributed by atoms with E-state index in [0.717, 1.165) is 5.56 Å². The maximum Gasteiger partial charge on any atom is 0.340 e. The summed E-state index contributed by atoms with van der Waals surface area (Å²) in [6.07, 6.45) is 1.72.